The van der Waals surface area contributed by atoms with Crippen LogP contribution in [0.15, 0.2) is 71.7 Å². The number of benzene rings is 2. The molecule has 1 N–H and O–H groups in total. The largest absolute Gasteiger partial charge is 0.496 e. The summed E-state index contributed by atoms with van der Waals surface area (Å²) in [5.41, 5.74) is 2.66. The van der Waals surface area contributed by atoms with Gasteiger partial charge in [-0.3, -0.25) is 14.4 Å². The molecule has 2 aromatic carbocycles. The van der Waals surface area contributed by atoms with Crippen molar-refractivity contribution in [3.8, 4) is 5.75 Å². The average Bonchev–Trinajstić information content (AvgIpc) is 2.85. The first kappa shape index (κ1) is 23.9. The van der Waals surface area contributed by atoms with E-state index in [9.17, 15) is 14.4 Å². The Balaban J connectivity index is 1.73. The van der Waals surface area contributed by atoms with Crippen LogP contribution in [0.3, 0.4) is 0 Å². The molecule has 0 aliphatic carbocycles. The van der Waals surface area contributed by atoms with Crippen molar-refractivity contribution in [3.05, 3.63) is 99.5 Å². The normalized spacial score (nSPS) is 11.0. The van der Waals surface area contributed by atoms with E-state index in [-0.39, 0.29) is 29.0 Å². The summed E-state index contributed by atoms with van der Waals surface area (Å²) >= 11 is 0. The van der Waals surface area contributed by atoms with Crippen molar-refractivity contribution < 1.29 is 14.3 Å². The number of amides is 1. The molecule has 0 aliphatic heterocycles. The van der Waals surface area contributed by atoms with E-state index in [1.807, 2.05) is 24.3 Å². The van der Waals surface area contributed by atoms with Gasteiger partial charge in [0.15, 0.2) is 0 Å². The maximum atomic E-state index is 13.4. The lowest BCUT2D eigenvalue weighted by molar-refractivity contribution is -0.116. The molecule has 0 saturated carbocycles. The van der Waals surface area contributed by atoms with E-state index in [2.05, 4.69) is 24.1 Å². The van der Waals surface area contributed by atoms with Gasteiger partial charge in [0.05, 0.1) is 23.6 Å². The minimum atomic E-state index is -0.478. The van der Waals surface area contributed by atoms with Crippen LogP contribution in [0.5, 0.6) is 5.75 Å². The summed E-state index contributed by atoms with van der Waals surface area (Å²) in [6.07, 6.45) is 1.41. The van der Waals surface area contributed by atoms with Crippen LogP contribution in [0.25, 0.3) is 11.0 Å². The Morgan fingerprint density at radius 2 is 1.71 bits per heavy atom. The first-order chi connectivity index (χ1) is 16.8. The fourth-order valence-corrected chi connectivity index (χ4v) is 3.93. The van der Waals surface area contributed by atoms with Gasteiger partial charge in [-0.05, 0) is 54.8 Å². The number of rotatable bonds is 7. The van der Waals surface area contributed by atoms with Crippen LogP contribution >= 0.6 is 0 Å². The molecule has 178 valence electrons. The summed E-state index contributed by atoms with van der Waals surface area (Å²) in [5, 5.41) is 3.15. The fourth-order valence-electron chi connectivity index (χ4n) is 3.93. The van der Waals surface area contributed by atoms with Gasteiger partial charge in [0, 0.05) is 17.6 Å². The van der Waals surface area contributed by atoms with Gasteiger partial charge < -0.3 is 14.6 Å². The molecule has 7 heteroatoms. The van der Waals surface area contributed by atoms with Gasteiger partial charge in [-0.15, -0.1) is 0 Å². The number of ketones is 1. The van der Waals surface area contributed by atoms with Gasteiger partial charge in [0.25, 0.3) is 0 Å². The van der Waals surface area contributed by atoms with Crippen LogP contribution in [0, 0.1) is 6.92 Å². The summed E-state index contributed by atoms with van der Waals surface area (Å²) in [5.74, 6) is -0.0199. The molecule has 4 rings (SSSR count). The van der Waals surface area contributed by atoms with Gasteiger partial charge in [0.2, 0.25) is 17.1 Å². The van der Waals surface area contributed by atoms with Gasteiger partial charge in [0.1, 0.15) is 17.9 Å². The zero-order valence-corrected chi connectivity index (χ0v) is 20.2. The van der Waals surface area contributed by atoms with E-state index >= 15 is 0 Å². The van der Waals surface area contributed by atoms with Gasteiger partial charge in [-0.2, -0.15) is 0 Å². The van der Waals surface area contributed by atoms with E-state index < -0.39 is 11.2 Å². The molecular weight excluding hydrogens is 442 g/mol. The highest BCUT2D eigenvalue weighted by molar-refractivity contribution is 6.11. The van der Waals surface area contributed by atoms with E-state index in [4.69, 9.17) is 4.74 Å². The van der Waals surface area contributed by atoms with Crippen molar-refractivity contribution in [2.45, 2.75) is 33.2 Å². The Labute approximate surface area is 203 Å². The number of ether oxygens (including phenoxy) is 1. The molecule has 4 aromatic rings. The van der Waals surface area contributed by atoms with Gasteiger partial charge in [-0.1, -0.05) is 38.1 Å². The van der Waals surface area contributed by atoms with Crippen LogP contribution in [-0.4, -0.2) is 28.4 Å². The Bertz CT molecular complexity index is 1470. The molecular formula is C28H27N3O4. The summed E-state index contributed by atoms with van der Waals surface area (Å²) in [4.78, 5) is 44.0. The van der Waals surface area contributed by atoms with Gasteiger partial charge >= 0.3 is 0 Å². The van der Waals surface area contributed by atoms with Crippen LogP contribution in [0.1, 0.15) is 46.9 Å². The first-order valence-corrected chi connectivity index (χ1v) is 11.4. The highest BCUT2D eigenvalue weighted by Gasteiger charge is 2.21. The molecule has 0 saturated heterocycles. The zero-order chi connectivity index (χ0) is 25.1. The zero-order valence-electron chi connectivity index (χ0n) is 20.2. The number of aryl methyl sites for hydroxylation is 1. The minimum Gasteiger partial charge on any atom is -0.496 e. The number of hydrogen-bond acceptors (Lipinski definition) is 5. The molecule has 0 aliphatic rings. The third-order valence-electron chi connectivity index (χ3n) is 5.83. The molecule has 2 heterocycles. The summed E-state index contributed by atoms with van der Waals surface area (Å²) < 4.78 is 6.85. The van der Waals surface area contributed by atoms with Crippen LogP contribution in [0.4, 0.5) is 5.69 Å². The van der Waals surface area contributed by atoms with Crippen molar-refractivity contribution in [1.82, 2.24) is 9.55 Å². The first-order valence-electron chi connectivity index (χ1n) is 11.4. The van der Waals surface area contributed by atoms with Crippen molar-refractivity contribution in [1.29, 1.82) is 0 Å². The number of fused-ring (bicyclic) bond motifs is 1. The van der Waals surface area contributed by atoms with Crippen LogP contribution in [0.2, 0.25) is 0 Å². The summed E-state index contributed by atoms with van der Waals surface area (Å²) in [7, 11) is 1.47. The minimum absolute atomic E-state index is 0.0539. The Morgan fingerprint density at radius 3 is 2.40 bits per heavy atom. The van der Waals surface area contributed by atoms with E-state index in [1.54, 1.807) is 47.9 Å². The highest BCUT2D eigenvalue weighted by Crippen LogP contribution is 2.22. The second kappa shape index (κ2) is 9.93. The Kier molecular flexibility index (Phi) is 6.78. The van der Waals surface area contributed by atoms with Crippen molar-refractivity contribution >= 4 is 28.4 Å². The monoisotopic (exact) mass is 469 g/mol. The maximum Gasteiger partial charge on any atom is 0.244 e. The summed E-state index contributed by atoms with van der Waals surface area (Å²) in [6.45, 7) is 5.89. The number of nitrogens with one attached hydrogen (secondary N) is 1. The van der Waals surface area contributed by atoms with Crippen molar-refractivity contribution in [3.63, 3.8) is 0 Å². The quantitative estimate of drug-likeness (QED) is 0.396. The number of methoxy groups -OCH3 is 1. The lowest BCUT2D eigenvalue weighted by Crippen LogP contribution is -2.25. The SMILES string of the molecule is COc1ccccc1C(=O)c1cn(CC(=O)Nc2ccc(C(C)C)cc2)c2nc(C)ccc2c1=O. The predicted molar refractivity (Wildman–Crippen MR) is 136 cm³/mol. The van der Waals surface area contributed by atoms with E-state index in [1.165, 1.54) is 18.9 Å². The maximum absolute atomic E-state index is 13.4. The predicted octanol–water partition coefficient (Wildman–Crippen LogP) is 4.71. The number of nitrogens with zero attached hydrogens (tertiary/aromatic N) is 2. The molecule has 2 aromatic heterocycles. The number of carbonyl (C=O) groups excluding carboxylic acids is 2. The smallest absolute Gasteiger partial charge is 0.244 e. The summed E-state index contributed by atoms with van der Waals surface area (Å²) in [6, 6.07) is 17.7. The molecule has 0 spiro atoms. The molecule has 1 amide bonds. The molecule has 7 nitrogen and oxygen atoms in total. The van der Waals surface area contributed by atoms with E-state index in [0.717, 1.165) is 0 Å². The second-order valence-electron chi connectivity index (χ2n) is 8.68. The van der Waals surface area contributed by atoms with Gasteiger partial charge in [-0.25, -0.2) is 4.98 Å². The number of carbonyl (C=O) groups is 2. The lowest BCUT2D eigenvalue weighted by Gasteiger charge is -2.14. The third kappa shape index (κ3) is 4.99. The second-order valence-corrected chi connectivity index (χ2v) is 8.68. The number of anilines is 1. The third-order valence-corrected chi connectivity index (χ3v) is 5.83. The molecule has 0 fully saturated rings. The molecule has 0 radical (unpaired) electrons. The molecule has 0 bridgehead atoms. The number of hydrogen-bond donors (Lipinski definition) is 1. The molecule has 0 atom stereocenters. The van der Waals surface area contributed by atoms with Crippen LogP contribution in [-0.2, 0) is 11.3 Å². The topological polar surface area (TPSA) is 90.3 Å². The number of aromatic nitrogens is 2. The fraction of sp³-hybridized carbons (Fsp3) is 0.214. The van der Waals surface area contributed by atoms with Crippen molar-refractivity contribution in [2.24, 2.45) is 0 Å². The molecule has 0 unspecified atom stereocenters. The average molecular weight is 470 g/mol. The molecule has 35 heavy (non-hydrogen) atoms. The van der Waals surface area contributed by atoms with E-state index in [0.29, 0.717) is 28.7 Å². The van der Waals surface area contributed by atoms with Crippen LogP contribution < -0.4 is 15.5 Å². The Morgan fingerprint density at radius 1 is 1.00 bits per heavy atom. The van der Waals surface area contributed by atoms with Crippen molar-refractivity contribution in [2.75, 3.05) is 12.4 Å². The number of pyridine rings is 2. The standard InChI is InChI=1S/C28H27N3O4/c1-17(2)19-10-12-20(13-11-19)30-25(32)16-31-15-23(26(33)21-7-5-6-8-24(21)35-4)27(34)22-14-9-18(3)29-28(22)31/h5-15,17H,16H2,1-4H3,(H,30,32). The highest BCUT2D eigenvalue weighted by atomic mass is 16.5. The lowest BCUT2D eigenvalue weighted by atomic mass is 10.0. The Hall–Kier alpha value is -4.26. The number of para-hydroxylation sites is 1.